The number of phenolic OH excluding ortho intramolecular Hbond substituents is 1. The van der Waals surface area contributed by atoms with Gasteiger partial charge in [-0.2, -0.15) is 11.8 Å². The fourth-order valence-corrected chi connectivity index (χ4v) is 3.61. The smallest absolute Gasteiger partial charge is 0.328 e. The average molecular weight is 572 g/mol. The number of amides is 4. The van der Waals surface area contributed by atoms with Crippen molar-refractivity contribution in [2.24, 2.45) is 5.73 Å². The fraction of sp³-hybridized carbons (Fsp3) is 0.478. The van der Waals surface area contributed by atoms with Crippen LogP contribution >= 0.6 is 11.8 Å². The number of aliphatic hydroxyl groups is 1. The molecule has 39 heavy (non-hydrogen) atoms. The van der Waals surface area contributed by atoms with Crippen LogP contribution in [-0.2, 0) is 35.2 Å². The van der Waals surface area contributed by atoms with Gasteiger partial charge in [-0.05, 0) is 36.1 Å². The lowest BCUT2D eigenvalue weighted by Crippen LogP contribution is -2.56. The van der Waals surface area contributed by atoms with Crippen LogP contribution in [0.2, 0.25) is 0 Å². The second kappa shape index (κ2) is 16.8. The first-order chi connectivity index (χ1) is 18.4. The molecule has 216 valence electrons. The topological polar surface area (TPSA) is 257 Å². The molecule has 1 aromatic carbocycles. The van der Waals surface area contributed by atoms with Crippen molar-refractivity contribution in [3.63, 3.8) is 0 Å². The molecule has 4 amide bonds. The third kappa shape index (κ3) is 12.5. The highest BCUT2D eigenvalue weighted by atomic mass is 32.2. The highest BCUT2D eigenvalue weighted by Gasteiger charge is 2.28. The van der Waals surface area contributed by atoms with E-state index in [1.54, 1.807) is 6.26 Å². The molecular formula is C23H33N5O10S. The molecule has 0 saturated heterocycles. The Hall–Kier alpha value is -3.89. The predicted octanol–water partition coefficient (Wildman–Crippen LogP) is -2.86. The number of carbonyl (C=O) groups is 6. The number of benzene rings is 1. The van der Waals surface area contributed by atoms with Gasteiger partial charge in [0.05, 0.1) is 25.6 Å². The lowest BCUT2D eigenvalue weighted by atomic mass is 10.0. The lowest BCUT2D eigenvalue weighted by molar-refractivity contribution is -0.143. The van der Waals surface area contributed by atoms with Gasteiger partial charge in [-0.15, -0.1) is 0 Å². The molecule has 0 aliphatic rings. The molecule has 0 aliphatic heterocycles. The Labute approximate surface area is 227 Å². The van der Waals surface area contributed by atoms with E-state index in [0.717, 1.165) is 0 Å². The summed E-state index contributed by atoms with van der Waals surface area (Å²) in [6.45, 7) is -1.47. The SMILES string of the molecule is CSCC[C@H](NC(=O)CNC(=O)[C@H](Cc1ccc(O)cc1)NC(=O)[C@@H](N)CC(=O)O)C(=O)N[C@@H](CO)C(=O)O. The van der Waals surface area contributed by atoms with Crippen LogP contribution in [0.5, 0.6) is 5.75 Å². The van der Waals surface area contributed by atoms with Gasteiger partial charge in [0.25, 0.3) is 0 Å². The standard InChI is InChI=1S/C23H33N5O10S/c1-39-7-6-15(22(36)28-17(11-29)23(37)38)26-18(31)10-25-21(35)16(8-12-2-4-13(30)5-3-12)27-20(34)14(24)9-19(32)33/h2-5,14-17,29-30H,6-11,24H2,1H3,(H,25,35)(H,26,31)(H,27,34)(H,28,36)(H,32,33)(H,37,38)/t14-,15-,16-,17-/m0/s1. The van der Waals surface area contributed by atoms with Crippen LogP contribution in [0.25, 0.3) is 0 Å². The van der Waals surface area contributed by atoms with Crippen LogP contribution in [-0.4, -0.2) is 105 Å². The largest absolute Gasteiger partial charge is 0.508 e. The van der Waals surface area contributed by atoms with E-state index in [4.69, 9.17) is 21.1 Å². The van der Waals surface area contributed by atoms with Crippen molar-refractivity contribution in [1.29, 1.82) is 0 Å². The summed E-state index contributed by atoms with van der Waals surface area (Å²) in [5, 5.41) is 45.7. The highest BCUT2D eigenvalue weighted by Crippen LogP contribution is 2.12. The summed E-state index contributed by atoms with van der Waals surface area (Å²) >= 11 is 1.37. The molecule has 0 aromatic heterocycles. The first-order valence-electron chi connectivity index (χ1n) is 11.6. The van der Waals surface area contributed by atoms with Crippen molar-refractivity contribution in [2.75, 3.05) is 25.2 Å². The van der Waals surface area contributed by atoms with Crippen LogP contribution in [0.15, 0.2) is 24.3 Å². The predicted molar refractivity (Wildman–Crippen MR) is 139 cm³/mol. The summed E-state index contributed by atoms with van der Waals surface area (Å²) < 4.78 is 0. The number of thioether (sulfide) groups is 1. The van der Waals surface area contributed by atoms with Crippen LogP contribution in [0.1, 0.15) is 18.4 Å². The van der Waals surface area contributed by atoms with Crippen LogP contribution < -0.4 is 27.0 Å². The van der Waals surface area contributed by atoms with E-state index in [1.807, 2.05) is 0 Å². The van der Waals surface area contributed by atoms with Crippen LogP contribution in [0.3, 0.4) is 0 Å². The number of carboxylic acids is 2. The number of carbonyl (C=O) groups excluding carboxylic acids is 4. The fourth-order valence-electron chi connectivity index (χ4n) is 3.13. The number of phenols is 1. The minimum Gasteiger partial charge on any atom is -0.508 e. The van der Waals surface area contributed by atoms with E-state index in [1.165, 1.54) is 36.0 Å². The highest BCUT2D eigenvalue weighted by molar-refractivity contribution is 7.98. The maximum atomic E-state index is 12.9. The zero-order valence-corrected chi connectivity index (χ0v) is 21.9. The number of rotatable bonds is 17. The van der Waals surface area contributed by atoms with Gasteiger partial charge in [-0.1, -0.05) is 12.1 Å². The van der Waals surface area contributed by atoms with Gasteiger partial charge < -0.3 is 47.4 Å². The Morgan fingerprint density at radius 1 is 0.897 bits per heavy atom. The zero-order chi connectivity index (χ0) is 29.5. The number of nitrogens with two attached hydrogens (primary N) is 1. The van der Waals surface area contributed by atoms with Crippen LogP contribution in [0, 0.1) is 0 Å². The number of hydrogen-bond acceptors (Lipinski definition) is 10. The molecule has 0 unspecified atom stereocenters. The van der Waals surface area contributed by atoms with Gasteiger partial charge in [0.15, 0.2) is 0 Å². The summed E-state index contributed by atoms with van der Waals surface area (Å²) in [6, 6.07) is 0.285. The molecule has 16 heteroatoms. The van der Waals surface area contributed by atoms with Crippen molar-refractivity contribution in [2.45, 2.75) is 43.4 Å². The quantitative estimate of drug-likeness (QED) is 0.0914. The van der Waals surface area contributed by atoms with Crippen molar-refractivity contribution >= 4 is 47.3 Å². The number of hydrogen-bond donors (Lipinski definition) is 9. The van der Waals surface area contributed by atoms with E-state index in [-0.39, 0.29) is 18.6 Å². The van der Waals surface area contributed by atoms with E-state index >= 15 is 0 Å². The number of aromatic hydroxyl groups is 1. The summed E-state index contributed by atoms with van der Waals surface area (Å²) in [6.07, 6.45) is 1.12. The minimum absolute atomic E-state index is 0.0299. The molecular weight excluding hydrogens is 538 g/mol. The van der Waals surface area contributed by atoms with Crippen molar-refractivity contribution in [3.8, 4) is 5.75 Å². The number of aliphatic carboxylic acids is 2. The molecule has 0 heterocycles. The lowest BCUT2D eigenvalue weighted by Gasteiger charge is -2.22. The summed E-state index contributed by atoms with van der Waals surface area (Å²) in [5.74, 6) is -5.73. The Kier molecular flexibility index (Phi) is 14.3. The van der Waals surface area contributed by atoms with Gasteiger partial charge in [-0.25, -0.2) is 4.79 Å². The van der Waals surface area contributed by atoms with Gasteiger partial charge in [-0.3, -0.25) is 24.0 Å². The Balaban J connectivity index is 2.90. The van der Waals surface area contributed by atoms with Crippen molar-refractivity contribution < 1.29 is 49.2 Å². The molecule has 0 bridgehead atoms. The van der Waals surface area contributed by atoms with Crippen molar-refractivity contribution in [1.82, 2.24) is 21.3 Å². The molecule has 0 radical (unpaired) electrons. The monoisotopic (exact) mass is 571 g/mol. The normalized spacial score (nSPS) is 13.7. The first-order valence-corrected chi connectivity index (χ1v) is 13.0. The molecule has 0 aliphatic carbocycles. The Morgan fingerprint density at radius 3 is 2.05 bits per heavy atom. The second-order valence-corrected chi connectivity index (χ2v) is 9.32. The molecule has 4 atom stereocenters. The summed E-state index contributed by atoms with van der Waals surface area (Å²) in [4.78, 5) is 72.2. The van der Waals surface area contributed by atoms with Crippen molar-refractivity contribution in [3.05, 3.63) is 29.8 Å². The second-order valence-electron chi connectivity index (χ2n) is 8.34. The molecule has 15 nitrogen and oxygen atoms in total. The molecule has 1 rings (SSSR count). The van der Waals surface area contributed by atoms with E-state index in [0.29, 0.717) is 11.3 Å². The van der Waals surface area contributed by atoms with Gasteiger partial charge in [0.2, 0.25) is 23.6 Å². The Morgan fingerprint density at radius 2 is 1.51 bits per heavy atom. The molecule has 10 N–H and O–H groups in total. The minimum atomic E-state index is -1.57. The van der Waals surface area contributed by atoms with Gasteiger partial charge in [0, 0.05) is 6.42 Å². The molecule has 0 spiro atoms. The molecule has 0 saturated carbocycles. The number of carboxylic acid groups (broad SMARTS) is 2. The summed E-state index contributed by atoms with van der Waals surface area (Å²) in [5.41, 5.74) is 6.10. The zero-order valence-electron chi connectivity index (χ0n) is 21.1. The first kappa shape index (κ1) is 33.1. The molecule has 0 fully saturated rings. The van der Waals surface area contributed by atoms with Crippen LogP contribution in [0.4, 0.5) is 0 Å². The molecule has 1 aromatic rings. The van der Waals surface area contributed by atoms with E-state index < -0.39 is 79.3 Å². The third-order valence-electron chi connectivity index (χ3n) is 5.22. The summed E-state index contributed by atoms with van der Waals surface area (Å²) in [7, 11) is 0. The third-order valence-corrected chi connectivity index (χ3v) is 5.87. The maximum absolute atomic E-state index is 12.9. The van der Waals surface area contributed by atoms with Gasteiger partial charge in [0.1, 0.15) is 23.9 Å². The number of nitrogens with one attached hydrogen (secondary N) is 4. The van der Waals surface area contributed by atoms with Gasteiger partial charge >= 0.3 is 11.9 Å². The van der Waals surface area contributed by atoms with E-state index in [9.17, 15) is 33.9 Å². The Bertz CT molecular complexity index is 1020. The maximum Gasteiger partial charge on any atom is 0.328 e. The van der Waals surface area contributed by atoms with E-state index in [2.05, 4.69) is 21.3 Å². The average Bonchev–Trinajstić information content (AvgIpc) is 2.88. The number of aliphatic hydroxyl groups excluding tert-OH is 1.